The number of anilines is 2. The van der Waals surface area contributed by atoms with E-state index < -0.39 is 10.8 Å². The maximum absolute atomic E-state index is 12.5. The van der Waals surface area contributed by atoms with Gasteiger partial charge in [0.2, 0.25) is 5.13 Å². The second-order valence-electron chi connectivity index (χ2n) is 6.92. The number of carbonyl (C=O) groups excluding carboxylic acids is 1. The van der Waals surface area contributed by atoms with E-state index in [1.807, 2.05) is 4.90 Å². The van der Waals surface area contributed by atoms with E-state index in [1.165, 1.54) is 17.4 Å². The molecule has 3 rings (SSSR count). The lowest BCUT2D eigenvalue weighted by Crippen LogP contribution is -2.30. The third kappa shape index (κ3) is 5.03. The van der Waals surface area contributed by atoms with Crippen LogP contribution in [0.5, 0.6) is 0 Å². The average Bonchev–Trinajstić information content (AvgIpc) is 3.15. The number of aryl methyl sites for hydroxylation is 1. The molecule has 1 aromatic carbocycles. The van der Waals surface area contributed by atoms with E-state index in [4.69, 9.17) is 0 Å². The minimum Gasteiger partial charge on any atom is -0.366 e. The van der Waals surface area contributed by atoms with Crippen LogP contribution < -0.4 is 10.2 Å². The van der Waals surface area contributed by atoms with Crippen LogP contribution in [0.25, 0.3) is 0 Å². The smallest absolute Gasteiger partial charge is 0.293 e. The quantitative estimate of drug-likeness (QED) is 0.398. The number of carbonyl (C=O) groups is 1. The number of hydrogen-bond donors (Lipinski definition) is 1. The Hall–Kier alpha value is -2.55. The zero-order valence-electron chi connectivity index (χ0n) is 16.0. The highest BCUT2D eigenvalue weighted by Crippen LogP contribution is 2.31. The summed E-state index contributed by atoms with van der Waals surface area (Å²) >= 11 is 1.35. The van der Waals surface area contributed by atoms with Crippen molar-refractivity contribution < 1.29 is 9.72 Å². The summed E-state index contributed by atoms with van der Waals surface area (Å²) in [6, 6.07) is 4.66. The maximum Gasteiger partial charge on any atom is 0.293 e. The molecule has 1 fully saturated rings. The molecule has 1 N–H and O–H groups in total. The summed E-state index contributed by atoms with van der Waals surface area (Å²) in [5, 5.41) is 23.7. The minimum absolute atomic E-state index is 0.0351. The first-order valence-electron chi connectivity index (χ1n) is 9.75. The number of nitro groups is 1. The van der Waals surface area contributed by atoms with Crippen molar-refractivity contribution in [1.82, 2.24) is 10.2 Å². The van der Waals surface area contributed by atoms with Crippen molar-refractivity contribution in [3.63, 3.8) is 0 Å². The number of unbranched alkanes of at least 4 members (excludes halogenated alkanes) is 2. The Bertz CT molecular complexity index is 833. The first-order chi connectivity index (χ1) is 13.6. The van der Waals surface area contributed by atoms with Gasteiger partial charge in [-0.1, -0.05) is 31.1 Å². The first kappa shape index (κ1) is 20.2. The van der Waals surface area contributed by atoms with Gasteiger partial charge in [-0.3, -0.25) is 20.2 Å². The lowest BCUT2D eigenvalue weighted by molar-refractivity contribution is -0.384. The van der Waals surface area contributed by atoms with Crippen LogP contribution in [0.4, 0.5) is 16.5 Å². The number of aromatic nitrogens is 2. The number of hydrogen-bond acceptors (Lipinski definition) is 7. The fourth-order valence-corrected chi connectivity index (χ4v) is 4.09. The number of rotatable bonds is 8. The molecule has 0 saturated carbocycles. The molecule has 0 aliphatic carbocycles. The van der Waals surface area contributed by atoms with E-state index in [0.29, 0.717) is 10.8 Å². The molecule has 0 bridgehead atoms. The zero-order chi connectivity index (χ0) is 19.9. The summed E-state index contributed by atoms with van der Waals surface area (Å²) in [6.07, 6.45) is 7.35. The van der Waals surface area contributed by atoms with Crippen LogP contribution in [0, 0.1) is 10.1 Å². The molecule has 1 amide bonds. The summed E-state index contributed by atoms with van der Waals surface area (Å²) in [5.41, 5.74) is 0.789. The van der Waals surface area contributed by atoms with Crippen molar-refractivity contribution in [3.05, 3.63) is 38.9 Å². The van der Waals surface area contributed by atoms with Crippen LogP contribution in [-0.2, 0) is 6.42 Å². The third-order valence-electron chi connectivity index (χ3n) is 4.81. The molecule has 1 aromatic heterocycles. The molecule has 2 aromatic rings. The lowest BCUT2D eigenvalue weighted by Gasteiger charge is -2.28. The van der Waals surface area contributed by atoms with E-state index in [0.717, 1.165) is 63.0 Å². The molecule has 1 aliphatic rings. The number of nitrogens with zero attached hydrogens (tertiary/aromatic N) is 4. The molecule has 1 saturated heterocycles. The highest BCUT2D eigenvalue weighted by molar-refractivity contribution is 7.15. The third-order valence-corrected chi connectivity index (χ3v) is 5.71. The Morgan fingerprint density at radius 1 is 1.25 bits per heavy atom. The largest absolute Gasteiger partial charge is 0.366 e. The fraction of sp³-hybridized carbons (Fsp3) is 0.526. The van der Waals surface area contributed by atoms with Gasteiger partial charge in [0.05, 0.1) is 4.92 Å². The number of nitro benzene ring substituents is 1. The Morgan fingerprint density at radius 3 is 2.75 bits per heavy atom. The zero-order valence-corrected chi connectivity index (χ0v) is 16.8. The molecular weight excluding hydrogens is 378 g/mol. The molecule has 0 radical (unpaired) electrons. The summed E-state index contributed by atoms with van der Waals surface area (Å²) in [7, 11) is 0. The standard InChI is InChI=1S/C19H25N5O3S/c1-2-3-5-8-17-21-22-19(28-17)20-18(25)14-9-10-15(16(13-14)24(26)27)23-11-6-4-7-12-23/h9-10,13H,2-8,11-12H2,1H3,(H,20,22,25). The highest BCUT2D eigenvalue weighted by Gasteiger charge is 2.23. The van der Waals surface area contributed by atoms with Crippen molar-refractivity contribution >= 4 is 33.8 Å². The summed E-state index contributed by atoms with van der Waals surface area (Å²) < 4.78 is 0. The second kappa shape index (κ2) is 9.59. The molecule has 0 unspecified atom stereocenters. The van der Waals surface area contributed by atoms with E-state index in [9.17, 15) is 14.9 Å². The Kier molecular flexibility index (Phi) is 6.91. The van der Waals surface area contributed by atoms with Gasteiger partial charge >= 0.3 is 0 Å². The summed E-state index contributed by atoms with van der Waals surface area (Å²) in [6.45, 7) is 3.75. The molecule has 1 aliphatic heterocycles. The molecule has 28 heavy (non-hydrogen) atoms. The summed E-state index contributed by atoms with van der Waals surface area (Å²) in [4.78, 5) is 25.7. The van der Waals surface area contributed by atoms with Gasteiger partial charge in [0.1, 0.15) is 10.7 Å². The van der Waals surface area contributed by atoms with Gasteiger partial charge in [0.25, 0.3) is 11.6 Å². The molecular formula is C19H25N5O3S. The number of benzene rings is 1. The average molecular weight is 404 g/mol. The van der Waals surface area contributed by atoms with Crippen molar-refractivity contribution in [2.45, 2.75) is 51.9 Å². The number of amides is 1. The SMILES string of the molecule is CCCCCc1nnc(NC(=O)c2ccc(N3CCCCC3)c([N+](=O)[O-])c2)s1. The predicted octanol–water partition coefficient (Wildman–Crippen LogP) is 4.42. The van der Waals surface area contributed by atoms with Gasteiger partial charge in [-0.15, -0.1) is 10.2 Å². The number of piperidine rings is 1. The van der Waals surface area contributed by atoms with Gasteiger partial charge in [0, 0.05) is 31.1 Å². The second-order valence-corrected chi connectivity index (χ2v) is 7.98. The Morgan fingerprint density at radius 2 is 2.04 bits per heavy atom. The van der Waals surface area contributed by atoms with Crippen molar-refractivity contribution in [2.24, 2.45) is 0 Å². The highest BCUT2D eigenvalue weighted by atomic mass is 32.1. The monoisotopic (exact) mass is 403 g/mol. The van der Waals surface area contributed by atoms with Crippen LogP contribution >= 0.6 is 11.3 Å². The van der Waals surface area contributed by atoms with Gasteiger partial charge in [-0.2, -0.15) is 0 Å². The molecule has 2 heterocycles. The van der Waals surface area contributed by atoms with Crippen LogP contribution in [-0.4, -0.2) is 34.1 Å². The normalized spacial score (nSPS) is 14.1. The Labute approximate surface area is 168 Å². The maximum atomic E-state index is 12.5. The number of nitrogens with one attached hydrogen (secondary N) is 1. The fourth-order valence-electron chi connectivity index (χ4n) is 3.31. The topological polar surface area (TPSA) is 101 Å². The van der Waals surface area contributed by atoms with Crippen LogP contribution in [0.1, 0.15) is 60.8 Å². The van der Waals surface area contributed by atoms with Crippen molar-refractivity contribution in [2.75, 3.05) is 23.3 Å². The van der Waals surface area contributed by atoms with Gasteiger partial charge < -0.3 is 4.90 Å². The lowest BCUT2D eigenvalue weighted by atomic mass is 10.1. The molecule has 9 heteroatoms. The molecule has 8 nitrogen and oxygen atoms in total. The first-order valence-corrected chi connectivity index (χ1v) is 10.6. The van der Waals surface area contributed by atoms with Gasteiger partial charge in [-0.05, 0) is 37.8 Å². The predicted molar refractivity (Wildman–Crippen MR) is 110 cm³/mol. The molecule has 150 valence electrons. The van der Waals surface area contributed by atoms with Crippen LogP contribution in [0.2, 0.25) is 0 Å². The van der Waals surface area contributed by atoms with E-state index >= 15 is 0 Å². The van der Waals surface area contributed by atoms with Gasteiger partial charge in [0.15, 0.2) is 0 Å². The molecule has 0 spiro atoms. The Balaban J connectivity index is 1.71. The summed E-state index contributed by atoms with van der Waals surface area (Å²) in [5.74, 6) is -0.412. The van der Waals surface area contributed by atoms with E-state index in [1.54, 1.807) is 12.1 Å². The van der Waals surface area contributed by atoms with Gasteiger partial charge in [-0.25, -0.2) is 0 Å². The molecule has 0 atom stereocenters. The van der Waals surface area contributed by atoms with Crippen LogP contribution in [0.15, 0.2) is 18.2 Å². The van der Waals surface area contributed by atoms with E-state index in [2.05, 4.69) is 22.4 Å². The minimum atomic E-state index is -0.419. The van der Waals surface area contributed by atoms with Crippen LogP contribution in [0.3, 0.4) is 0 Å². The van der Waals surface area contributed by atoms with Crippen molar-refractivity contribution in [3.8, 4) is 0 Å². The van der Waals surface area contributed by atoms with Crippen molar-refractivity contribution in [1.29, 1.82) is 0 Å². The van der Waals surface area contributed by atoms with E-state index in [-0.39, 0.29) is 11.3 Å².